The predicted octanol–water partition coefficient (Wildman–Crippen LogP) is 1.49. The third-order valence-electron chi connectivity index (χ3n) is 2.45. The normalized spacial score (nSPS) is 11.9. The number of anilines is 2. The molecule has 0 bridgehead atoms. The van der Waals surface area contributed by atoms with Gasteiger partial charge in [-0.3, -0.25) is 4.21 Å². The Morgan fingerprint density at radius 1 is 1.26 bits per heavy atom. The molecule has 19 heavy (non-hydrogen) atoms. The second-order valence-corrected chi connectivity index (χ2v) is 5.64. The summed E-state index contributed by atoms with van der Waals surface area (Å²) in [5.74, 6) is 2.66. The quantitative estimate of drug-likeness (QED) is 0.670. The summed E-state index contributed by atoms with van der Waals surface area (Å²) in [6, 6.07) is 0. The molecule has 1 aromatic heterocycles. The van der Waals surface area contributed by atoms with Crippen LogP contribution in [0.2, 0.25) is 0 Å². The number of nitrogens with one attached hydrogen (secondary N) is 2. The van der Waals surface area contributed by atoms with Gasteiger partial charge in [0.15, 0.2) is 11.6 Å². The van der Waals surface area contributed by atoms with Crippen LogP contribution in [0.3, 0.4) is 0 Å². The van der Waals surface area contributed by atoms with Gasteiger partial charge < -0.3 is 15.4 Å². The Labute approximate surface area is 116 Å². The van der Waals surface area contributed by atoms with E-state index in [-0.39, 0.29) is 0 Å². The SMILES string of the molecule is CCCNc1ncnc(NCCCS(C)=O)c1OC. The van der Waals surface area contributed by atoms with Gasteiger partial charge in [-0.2, -0.15) is 0 Å². The van der Waals surface area contributed by atoms with Gasteiger partial charge in [-0.05, 0) is 12.8 Å². The predicted molar refractivity (Wildman–Crippen MR) is 79.4 cm³/mol. The van der Waals surface area contributed by atoms with E-state index in [9.17, 15) is 4.21 Å². The van der Waals surface area contributed by atoms with Crippen molar-refractivity contribution in [2.24, 2.45) is 0 Å². The highest BCUT2D eigenvalue weighted by atomic mass is 32.2. The van der Waals surface area contributed by atoms with Crippen molar-refractivity contribution in [1.29, 1.82) is 0 Å². The Hall–Kier alpha value is -1.37. The van der Waals surface area contributed by atoms with Crippen molar-refractivity contribution in [3.63, 3.8) is 0 Å². The van der Waals surface area contributed by atoms with Crippen LogP contribution >= 0.6 is 0 Å². The molecular formula is C12H22N4O2S. The molecule has 0 saturated heterocycles. The summed E-state index contributed by atoms with van der Waals surface area (Å²) in [5.41, 5.74) is 0. The van der Waals surface area contributed by atoms with E-state index in [4.69, 9.17) is 4.74 Å². The van der Waals surface area contributed by atoms with Crippen molar-refractivity contribution < 1.29 is 8.95 Å². The Balaban J connectivity index is 2.63. The highest BCUT2D eigenvalue weighted by Crippen LogP contribution is 2.28. The molecule has 0 aromatic carbocycles. The molecule has 1 rings (SSSR count). The molecule has 0 aliphatic carbocycles. The summed E-state index contributed by atoms with van der Waals surface area (Å²) in [4.78, 5) is 8.34. The van der Waals surface area contributed by atoms with Gasteiger partial charge in [0.05, 0.1) is 7.11 Å². The van der Waals surface area contributed by atoms with Gasteiger partial charge >= 0.3 is 0 Å². The van der Waals surface area contributed by atoms with E-state index in [1.165, 1.54) is 6.33 Å². The topological polar surface area (TPSA) is 76.1 Å². The Morgan fingerprint density at radius 3 is 2.42 bits per heavy atom. The van der Waals surface area contributed by atoms with Crippen molar-refractivity contribution in [3.8, 4) is 5.75 Å². The summed E-state index contributed by atoms with van der Waals surface area (Å²) in [5, 5.41) is 6.38. The molecule has 0 radical (unpaired) electrons. The second-order valence-electron chi connectivity index (χ2n) is 4.09. The van der Waals surface area contributed by atoms with Gasteiger partial charge in [0.25, 0.3) is 0 Å². The monoisotopic (exact) mass is 286 g/mol. The molecule has 2 N–H and O–H groups in total. The van der Waals surface area contributed by atoms with Crippen molar-refractivity contribution in [3.05, 3.63) is 6.33 Å². The lowest BCUT2D eigenvalue weighted by molar-refractivity contribution is 0.414. The number of hydrogen-bond donors (Lipinski definition) is 2. The van der Waals surface area contributed by atoms with E-state index >= 15 is 0 Å². The molecule has 1 heterocycles. The van der Waals surface area contributed by atoms with Gasteiger partial charge in [-0.1, -0.05) is 6.92 Å². The van der Waals surface area contributed by atoms with E-state index in [0.717, 1.165) is 19.4 Å². The second kappa shape index (κ2) is 8.68. The molecule has 108 valence electrons. The van der Waals surface area contributed by atoms with E-state index < -0.39 is 10.8 Å². The highest BCUT2D eigenvalue weighted by Gasteiger charge is 2.10. The third-order valence-corrected chi connectivity index (χ3v) is 3.31. The summed E-state index contributed by atoms with van der Waals surface area (Å²) < 4.78 is 16.3. The average Bonchev–Trinajstić information content (AvgIpc) is 2.41. The lowest BCUT2D eigenvalue weighted by atomic mass is 10.4. The first-order valence-corrected chi connectivity index (χ1v) is 8.08. The first kappa shape index (κ1) is 15.7. The molecule has 0 amide bonds. The van der Waals surface area contributed by atoms with Crippen molar-refractivity contribution in [2.45, 2.75) is 19.8 Å². The van der Waals surface area contributed by atoms with Crippen LogP contribution < -0.4 is 15.4 Å². The summed E-state index contributed by atoms with van der Waals surface area (Å²) >= 11 is 0. The Kier molecular flexibility index (Phi) is 7.17. The van der Waals surface area contributed by atoms with Gasteiger partial charge in [0.2, 0.25) is 5.75 Å². The summed E-state index contributed by atoms with van der Waals surface area (Å²) in [6.45, 7) is 3.63. The van der Waals surface area contributed by atoms with E-state index in [1.54, 1.807) is 13.4 Å². The number of nitrogens with zero attached hydrogens (tertiary/aromatic N) is 2. The van der Waals surface area contributed by atoms with Crippen LogP contribution in [0.4, 0.5) is 11.6 Å². The fraction of sp³-hybridized carbons (Fsp3) is 0.667. The zero-order chi connectivity index (χ0) is 14.1. The smallest absolute Gasteiger partial charge is 0.204 e. The largest absolute Gasteiger partial charge is 0.490 e. The first-order valence-electron chi connectivity index (χ1n) is 6.35. The van der Waals surface area contributed by atoms with E-state index in [0.29, 0.717) is 29.7 Å². The molecule has 0 aliphatic heterocycles. The minimum atomic E-state index is -0.756. The maximum absolute atomic E-state index is 11.0. The number of methoxy groups -OCH3 is 1. The molecule has 0 fully saturated rings. The zero-order valence-corrected chi connectivity index (χ0v) is 12.5. The number of rotatable bonds is 9. The number of hydrogen-bond acceptors (Lipinski definition) is 6. The van der Waals surface area contributed by atoms with E-state index in [2.05, 4.69) is 27.5 Å². The third kappa shape index (κ3) is 5.42. The first-order chi connectivity index (χ1) is 9.19. The number of ether oxygens (including phenoxy) is 1. The fourth-order valence-electron chi connectivity index (χ4n) is 1.54. The molecule has 6 nitrogen and oxygen atoms in total. The molecule has 1 atom stereocenters. The summed E-state index contributed by atoms with van der Waals surface area (Å²) in [7, 11) is 0.844. The zero-order valence-electron chi connectivity index (χ0n) is 11.7. The van der Waals surface area contributed by atoms with E-state index in [1.807, 2.05) is 0 Å². The lowest BCUT2D eigenvalue weighted by Gasteiger charge is -2.13. The van der Waals surface area contributed by atoms with Crippen LogP contribution in [0, 0.1) is 0 Å². The number of aromatic nitrogens is 2. The van der Waals surface area contributed by atoms with Crippen LogP contribution in [-0.4, -0.2) is 46.4 Å². The van der Waals surface area contributed by atoms with Gasteiger partial charge in [-0.15, -0.1) is 0 Å². The Bertz CT molecular complexity index is 415. The molecule has 1 aromatic rings. The van der Waals surface area contributed by atoms with Crippen molar-refractivity contribution in [2.75, 3.05) is 42.8 Å². The van der Waals surface area contributed by atoms with Crippen LogP contribution in [-0.2, 0) is 10.8 Å². The molecule has 0 saturated carbocycles. The van der Waals surface area contributed by atoms with Crippen LogP contribution in [0.25, 0.3) is 0 Å². The van der Waals surface area contributed by atoms with Gasteiger partial charge in [-0.25, -0.2) is 9.97 Å². The maximum Gasteiger partial charge on any atom is 0.204 e. The van der Waals surface area contributed by atoms with Crippen molar-refractivity contribution >= 4 is 22.4 Å². The minimum Gasteiger partial charge on any atom is -0.490 e. The van der Waals surface area contributed by atoms with Gasteiger partial charge in [0.1, 0.15) is 6.33 Å². The molecule has 0 spiro atoms. The lowest BCUT2D eigenvalue weighted by Crippen LogP contribution is -2.11. The highest BCUT2D eigenvalue weighted by molar-refractivity contribution is 7.84. The molecule has 0 aliphatic rings. The summed E-state index contributed by atoms with van der Waals surface area (Å²) in [6.07, 6.45) is 5.05. The molecule has 7 heteroatoms. The van der Waals surface area contributed by atoms with Crippen molar-refractivity contribution in [1.82, 2.24) is 9.97 Å². The molecular weight excluding hydrogens is 264 g/mol. The average molecular weight is 286 g/mol. The standard InChI is InChI=1S/C12H22N4O2S/c1-4-6-13-11-10(18-2)12(16-9-15-11)14-7-5-8-19(3)17/h9H,4-8H2,1-3H3,(H2,13,14,15,16). The van der Waals surface area contributed by atoms with Crippen LogP contribution in [0.5, 0.6) is 5.75 Å². The Morgan fingerprint density at radius 2 is 1.89 bits per heavy atom. The minimum absolute atomic E-state index is 0.619. The van der Waals surface area contributed by atoms with Crippen LogP contribution in [0.1, 0.15) is 19.8 Å². The fourth-order valence-corrected chi connectivity index (χ4v) is 2.10. The maximum atomic E-state index is 11.0. The van der Waals surface area contributed by atoms with Gasteiger partial charge in [0, 0.05) is 35.9 Å². The van der Waals surface area contributed by atoms with Crippen LogP contribution in [0.15, 0.2) is 6.33 Å². The molecule has 1 unspecified atom stereocenters.